The van der Waals surface area contributed by atoms with Gasteiger partial charge in [-0.2, -0.15) is 0 Å². The quantitative estimate of drug-likeness (QED) is 0.0261. The number of aliphatic hydroxyl groups excluding tert-OH is 5. The van der Waals surface area contributed by atoms with Crippen molar-refractivity contribution in [3.63, 3.8) is 0 Å². The fourth-order valence-corrected chi connectivity index (χ4v) is 11.0. The number of allylic oxidation sites excluding steroid dienone is 11. The van der Waals surface area contributed by atoms with Crippen molar-refractivity contribution in [2.75, 3.05) is 13.2 Å². The normalized spacial score (nSPS) is 18.7. The molecule has 0 spiro atoms. The largest absolute Gasteiger partial charge is 0.394 e. The van der Waals surface area contributed by atoms with Gasteiger partial charge in [-0.1, -0.05) is 311 Å². The third-order valence-corrected chi connectivity index (χ3v) is 16.5. The number of unbranched alkanes of at least 4 members (excludes halogenated alkanes) is 41. The summed E-state index contributed by atoms with van der Waals surface area (Å²) in [7, 11) is 0. The van der Waals surface area contributed by atoms with Crippen molar-refractivity contribution < 1.29 is 39.8 Å². The van der Waals surface area contributed by atoms with Crippen LogP contribution in [-0.2, 0) is 14.3 Å². The Morgan fingerprint density at radius 1 is 0.415 bits per heavy atom. The van der Waals surface area contributed by atoms with Gasteiger partial charge < -0.3 is 40.3 Å². The van der Waals surface area contributed by atoms with Crippen molar-refractivity contribution in [2.45, 2.75) is 371 Å². The molecule has 6 N–H and O–H groups in total. The van der Waals surface area contributed by atoms with Crippen LogP contribution in [-0.4, -0.2) is 87.5 Å². The van der Waals surface area contributed by atoms with E-state index in [9.17, 15) is 30.3 Å². The van der Waals surface area contributed by atoms with Crippen LogP contribution in [0.2, 0.25) is 0 Å². The minimum atomic E-state index is -1.58. The third-order valence-electron chi connectivity index (χ3n) is 16.5. The summed E-state index contributed by atoms with van der Waals surface area (Å²) in [5.74, 6) is -0.188. The molecule has 7 unspecified atom stereocenters. The Hall–Kier alpha value is -2.37. The van der Waals surface area contributed by atoms with Crippen LogP contribution in [0.4, 0.5) is 0 Å². The van der Waals surface area contributed by atoms with Crippen LogP contribution in [0.1, 0.15) is 328 Å². The summed E-state index contributed by atoms with van der Waals surface area (Å²) >= 11 is 0. The van der Waals surface area contributed by atoms with Gasteiger partial charge in [-0.25, -0.2) is 0 Å². The van der Waals surface area contributed by atoms with Crippen molar-refractivity contribution in [1.29, 1.82) is 0 Å². The average Bonchev–Trinajstić information content (AvgIpc) is 3.52. The molecule has 1 aliphatic heterocycles. The molecule has 82 heavy (non-hydrogen) atoms. The number of aliphatic hydroxyl groups is 5. The van der Waals surface area contributed by atoms with Crippen LogP contribution in [0.25, 0.3) is 0 Å². The molecule has 1 rings (SSSR count). The average molecular weight is 1150 g/mol. The van der Waals surface area contributed by atoms with Crippen molar-refractivity contribution in [2.24, 2.45) is 0 Å². The molecule has 1 fully saturated rings. The van der Waals surface area contributed by atoms with E-state index in [0.717, 1.165) is 57.8 Å². The lowest BCUT2D eigenvalue weighted by molar-refractivity contribution is -0.302. The monoisotopic (exact) mass is 1150 g/mol. The zero-order valence-electron chi connectivity index (χ0n) is 53.5. The SMILES string of the molecule is CCCCCCC/C=C\C/C=C\C/C=C\CCCCCCCCCCCCCCCCCCC(=O)NC(COC1OC(CO)C(O)C(O)C1O)C(O)/C=C/CC/C=C/CC/C=C/CCCCCCCCCCCCCCCCCCCC. The number of rotatable bonds is 61. The molecule has 478 valence electrons. The fraction of sp³-hybridized carbons (Fsp3) is 0.822. The molecule has 0 aromatic carbocycles. The number of hydrogen-bond donors (Lipinski definition) is 6. The highest BCUT2D eigenvalue weighted by Gasteiger charge is 2.44. The molecule has 0 aromatic rings. The smallest absolute Gasteiger partial charge is 0.220 e. The van der Waals surface area contributed by atoms with Gasteiger partial charge in [0.25, 0.3) is 0 Å². The predicted octanol–water partition coefficient (Wildman–Crippen LogP) is 19.1. The summed E-state index contributed by atoms with van der Waals surface area (Å²) < 4.78 is 11.3. The first-order chi connectivity index (χ1) is 40.3. The molecule has 1 heterocycles. The Morgan fingerprint density at radius 2 is 0.732 bits per heavy atom. The van der Waals surface area contributed by atoms with E-state index in [1.807, 2.05) is 6.08 Å². The van der Waals surface area contributed by atoms with E-state index in [0.29, 0.717) is 6.42 Å². The number of amides is 1. The van der Waals surface area contributed by atoms with Crippen LogP contribution in [0.3, 0.4) is 0 Å². The summed E-state index contributed by atoms with van der Waals surface area (Å²) in [6.07, 6.45) is 80.1. The van der Waals surface area contributed by atoms with Crippen LogP contribution in [0, 0.1) is 0 Å². The van der Waals surface area contributed by atoms with E-state index < -0.39 is 49.5 Å². The highest BCUT2D eigenvalue weighted by Crippen LogP contribution is 2.23. The Bertz CT molecular complexity index is 1520. The van der Waals surface area contributed by atoms with Crippen LogP contribution < -0.4 is 5.32 Å². The summed E-state index contributed by atoms with van der Waals surface area (Å²) in [6, 6.07) is -0.833. The molecule has 0 bridgehead atoms. The van der Waals surface area contributed by atoms with Crippen LogP contribution >= 0.6 is 0 Å². The van der Waals surface area contributed by atoms with E-state index >= 15 is 0 Å². The van der Waals surface area contributed by atoms with Crippen molar-refractivity contribution in [3.8, 4) is 0 Å². The Labute approximate surface area is 506 Å². The van der Waals surface area contributed by atoms with Gasteiger partial charge in [0.2, 0.25) is 5.91 Å². The zero-order chi connectivity index (χ0) is 59.3. The third kappa shape index (κ3) is 49.8. The first kappa shape index (κ1) is 77.6. The molecular weight excluding hydrogens is 1020 g/mol. The molecule has 0 aromatic heterocycles. The zero-order valence-corrected chi connectivity index (χ0v) is 53.5. The van der Waals surface area contributed by atoms with Crippen LogP contribution in [0.5, 0.6) is 0 Å². The summed E-state index contributed by atoms with van der Waals surface area (Å²) in [5, 5.41) is 54.7. The second-order valence-electron chi connectivity index (χ2n) is 24.3. The highest BCUT2D eigenvalue weighted by molar-refractivity contribution is 5.76. The van der Waals surface area contributed by atoms with Crippen LogP contribution in [0.15, 0.2) is 72.9 Å². The maximum Gasteiger partial charge on any atom is 0.220 e. The molecule has 1 saturated heterocycles. The maximum absolute atomic E-state index is 13.1. The molecule has 0 saturated carbocycles. The van der Waals surface area contributed by atoms with E-state index in [1.54, 1.807) is 6.08 Å². The van der Waals surface area contributed by atoms with E-state index in [-0.39, 0.29) is 12.5 Å². The van der Waals surface area contributed by atoms with E-state index in [4.69, 9.17) is 9.47 Å². The van der Waals surface area contributed by atoms with Gasteiger partial charge in [0.15, 0.2) is 6.29 Å². The molecule has 0 aliphatic carbocycles. The van der Waals surface area contributed by atoms with Crippen molar-refractivity contribution >= 4 is 5.91 Å². The first-order valence-electron chi connectivity index (χ1n) is 35.2. The lowest BCUT2D eigenvalue weighted by Crippen LogP contribution is -2.60. The van der Waals surface area contributed by atoms with Gasteiger partial charge in [0.05, 0.1) is 25.4 Å². The number of carbonyl (C=O) groups excluding carboxylic acids is 1. The minimum Gasteiger partial charge on any atom is -0.394 e. The van der Waals surface area contributed by atoms with Crippen molar-refractivity contribution in [1.82, 2.24) is 5.32 Å². The van der Waals surface area contributed by atoms with Crippen molar-refractivity contribution in [3.05, 3.63) is 72.9 Å². The predicted molar refractivity (Wildman–Crippen MR) is 350 cm³/mol. The summed E-state index contributed by atoms with van der Waals surface area (Å²) in [6.45, 7) is 3.78. The maximum atomic E-state index is 13.1. The molecule has 9 heteroatoms. The second-order valence-corrected chi connectivity index (χ2v) is 24.3. The Morgan fingerprint density at radius 3 is 1.11 bits per heavy atom. The molecular formula is C73H133NO8. The fourth-order valence-electron chi connectivity index (χ4n) is 11.0. The number of hydrogen-bond acceptors (Lipinski definition) is 8. The standard InChI is InChI=1S/C73H133NO8/c1-3-5-7-9-11-13-15-17-19-21-23-25-27-29-31-33-34-35-37-39-41-43-45-47-49-51-53-55-57-59-61-63-69(77)74-66(65-81-73-72(80)71(79)70(78)68(64-75)82-73)67(76)62-60-58-56-54-52-50-48-46-44-42-40-38-36-32-30-28-26-24-22-20-18-16-14-12-10-8-6-4-2/h15,17,21,23,27,29,44,46,52,54,60,62,66-68,70-73,75-76,78-80H,3-14,16,18-20,22,24-26,28,30-43,45,47-51,53,55-59,61,63-65H2,1-2H3,(H,74,77)/b17-15-,23-21-,29-27-,46-44+,54-52+,62-60+. The Balaban J connectivity index is 2.17. The highest BCUT2D eigenvalue weighted by atomic mass is 16.7. The van der Waals surface area contributed by atoms with Gasteiger partial charge in [0.1, 0.15) is 24.4 Å². The lowest BCUT2D eigenvalue weighted by Gasteiger charge is -2.40. The molecule has 9 nitrogen and oxygen atoms in total. The minimum absolute atomic E-state index is 0.188. The van der Waals surface area contributed by atoms with E-state index in [2.05, 4.69) is 79.9 Å². The molecule has 1 aliphatic rings. The van der Waals surface area contributed by atoms with E-state index in [1.165, 1.54) is 250 Å². The molecule has 1 amide bonds. The Kier molecular flexibility index (Phi) is 58.4. The van der Waals surface area contributed by atoms with Gasteiger partial charge in [-0.05, 0) is 83.5 Å². The van der Waals surface area contributed by atoms with Gasteiger partial charge >= 0.3 is 0 Å². The summed E-state index contributed by atoms with van der Waals surface area (Å²) in [4.78, 5) is 13.1. The number of nitrogens with one attached hydrogen (secondary N) is 1. The molecule has 7 atom stereocenters. The van der Waals surface area contributed by atoms with Gasteiger partial charge in [0, 0.05) is 6.42 Å². The number of carbonyl (C=O) groups is 1. The van der Waals surface area contributed by atoms with Gasteiger partial charge in [-0.15, -0.1) is 0 Å². The lowest BCUT2D eigenvalue weighted by atomic mass is 9.99. The summed E-state index contributed by atoms with van der Waals surface area (Å²) in [5.41, 5.74) is 0. The molecule has 0 radical (unpaired) electrons. The van der Waals surface area contributed by atoms with Gasteiger partial charge in [-0.3, -0.25) is 4.79 Å². The first-order valence-corrected chi connectivity index (χ1v) is 35.2. The topological polar surface area (TPSA) is 149 Å². The second kappa shape index (κ2) is 61.7. The number of ether oxygens (including phenoxy) is 2.